The molecule has 4 heteroatoms. The van der Waals surface area contributed by atoms with Gasteiger partial charge < -0.3 is 4.74 Å². The van der Waals surface area contributed by atoms with Crippen LogP contribution in [0.2, 0.25) is 0 Å². The Morgan fingerprint density at radius 3 is 2.56 bits per heavy atom. The average molecular weight is 255 g/mol. The molecule has 1 aliphatic rings. The highest BCUT2D eigenvalue weighted by Crippen LogP contribution is 2.35. The summed E-state index contributed by atoms with van der Waals surface area (Å²) in [7, 11) is 1.66. The number of hydrogen-bond acceptors (Lipinski definition) is 2. The Balaban J connectivity index is 2.25. The molecule has 0 aliphatic carbocycles. The monoisotopic (exact) mass is 255 g/mol. The summed E-state index contributed by atoms with van der Waals surface area (Å²) in [6.45, 7) is 5.14. The molecule has 1 aromatic rings. The lowest BCUT2D eigenvalue weighted by atomic mass is 9.96. The van der Waals surface area contributed by atoms with Gasteiger partial charge in [0.05, 0.1) is 0 Å². The van der Waals surface area contributed by atoms with Gasteiger partial charge >= 0.3 is 0 Å². The second kappa shape index (κ2) is 5.33. The Morgan fingerprint density at radius 2 is 2.00 bits per heavy atom. The molecule has 0 bridgehead atoms. The molecule has 18 heavy (non-hydrogen) atoms. The standard InChI is InChI=1S/C14H19F2NO/c1-9(2)17-7-6-11(14(17)18-3)10-4-5-12(15)13(16)8-10/h4-5,8-9,11,14H,6-7H2,1-3H3/t11?,14-/m0/s1. The molecule has 0 amide bonds. The number of nitrogens with zero attached hydrogens (tertiary/aromatic N) is 1. The minimum Gasteiger partial charge on any atom is -0.366 e. The van der Waals surface area contributed by atoms with Gasteiger partial charge in [-0.05, 0) is 38.0 Å². The fraction of sp³-hybridized carbons (Fsp3) is 0.571. The summed E-state index contributed by atoms with van der Waals surface area (Å²) in [5, 5.41) is 0. The smallest absolute Gasteiger partial charge is 0.159 e. The Hall–Kier alpha value is -1.00. The van der Waals surface area contributed by atoms with Gasteiger partial charge in [-0.2, -0.15) is 0 Å². The first-order valence-electron chi connectivity index (χ1n) is 6.28. The fourth-order valence-corrected chi connectivity index (χ4v) is 2.72. The normalized spacial score (nSPS) is 25.0. The molecule has 0 radical (unpaired) electrons. The first kappa shape index (κ1) is 13.4. The molecule has 1 saturated heterocycles. The van der Waals surface area contributed by atoms with Crippen LogP contribution in [-0.2, 0) is 4.74 Å². The Bertz CT molecular complexity index is 422. The summed E-state index contributed by atoms with van der Waals surface area (Å²) in [4.78, 5) is 2.24. The van der Waals surface area contributed by atoms with Gasteiger partial charge in [-0.1, -0.05) is 6.07 Å². The average Bonchev–Trinajstić information content (AvgIpc) is 2.76. The van der Waals surface area contributed by atoms with E-state index in [9.17, 15) is 8.78 Å². The van der Waals surface area contributed by atoms with Crippen molar-refractivity contribution in [2.45, 2.75) is 38.5 Å². The zero-order valence-electron chi connectivity index (χ0n) is 11.0. The van der Waals surface area contributed by atoms with Crippen molar-refractivity contribution in [1.29, 1.82) is 0 Å². The van der Waals surface area contributed by atoms with Gasteiger partial charge in [0.25, 0.3) is 0 Å². The van der Waals surface area contributed by atoms with Crippen molar-refractivity contribution in [1.82, 2.24) is 4.90 Å². The van der Waals surface area contributed by atoms with Crippen LogP contribution in [0.1, 0.15) is 31.7 Å². The first-order chi connectivity index (χ1) is 8.54. The quantitative estimate of drug-likeness (QED) is 0.822. The highest BCUT2D eigenvalue weighted by Gasteiger charge is 2.36. The lowest BCUT2D eigenvalue weighted by molar-refractivity contribution is -0.0290. The van der Waals surface area contributed by atoms with E-state index in [0.29, 0.717) is 6.04 Å². The highest BCUT2D eigenvalue weighted by molar-refractivity contribution is 5.24. The molecule has 0 N–H and O–H groups in total. The van der Waals surface area contributed by atoms with E-state index in [1.807, 2.05) is 0 Å². The molecule has 100 valence electrons. The van der Waals surface area contributed by atoms with E-state index in [4.69, 9.17) is 4.74 Å². The van der Waals surface area contributed by atoms with Crippen molar-refractivity contribution in [3.63, 3.8) is 0 Å². The number of methoxy groups -OCH3 is 1. The van der Waals surface area contributed by atoms with Gasteiger partial charge in [-0.15, -0.1) is 0 Å². The second-order valence-corrected chi connectivity index (χ2v) is 5.03. The van der Waals surface area contributed by atoms with Gasteiger partial charge in [0.2, 0.25) is 0 Å². The van der Waals surface area contributed by atoms with Crippen LogP contribution in [0.5, 0.6) is 0 Å². The van der Waals surface area contributed by atoms with Gasteiger partial charge in [0.15, 0.2) is 11.6 Å². The lowest BCUT2D eigenvalue weighted by Gasteiger charge is -2.30. The molecule has 0 aromatic heterocycles. The van der Waals surface area contributed by atoms with Crippen molar-refractivity contribution in [3.8, 4) is 0 Å². The third-order valence-electron chi connectivity index (χ3n) is 3.65. The largest absolute Gasteiger partial charge is 0.366 e. The Kier molecular flexibility index (Phi) is 3.97. The molecule has 1 unspecified atom stereocenters. The van der Waals surface area contributed by atoms with E-state index in [1.54, 1.807) is 13.2 Å². The van der Waals surface area contributed by atoms with Crippen LogP contribution in [0, 0.1) is 11.6 Å². The number of hydrogen-bond donors (Lipinski definition) is 0. The molecular formula is C14H19F2NO. The third kappa shape index (κ3) is 2.40. The number of benzene rings is 1. The van der Waals surface area contributed by atoms with Crippen molar-refractivity contribution in [2.75, 3.05) is 13.7 Å². The van der Waals surface area contributed by atoms with Gasteiger partial charge in [0.1, 0.15) is 6.23 Å². The number of ether oxygens (including phenoxy) is 1. The van der Waals surface area contributed by atoms with Crippen LogP contribution in [0.15, 0.2) is 18.2 Å². The molecule has 2 rings (SSSR count). The van der Waals surface area contributed by atoms with Crippen LogP contribution >= 0.6 is 0 Å². The van der Waals surface area contributed by atoms with Gasteiger partial charge in [-0.3, -0.25) is 4.90 Å². The maximum absolute atomic E-state index is 13.3. The maximum Gasteiger partial charge on any atom is 0.159 e. The molecule has 1 aliphatic heterocycles. The van der Waals surface area contributed by atoms with Crippen LogP contribution in [0.25, 0.3) is 0 Å². The van der Waals surface area contributed by atoms with E-state index in [0.717, 1.165) is 18.5 Å². The topological polar surface area (TPSA) is 12.5 Å². The molecular weight excluding hydrogens is 236 g/mol. The minimum absolute atomic E-state index is 0.0603. The maximum atomic E-state index is 13.3. The summed E-state index contributed by atoms with van der Waals surface area (Å²) in [6.07, 6.45) is 0.844. The zero-order valence-corrected chi connectivity index (χ0v) is 11.0. The molecule has 2 nitrogen and oxygen atoms in total. The van der Waals surface area contributed by atoms with Gasteiger partial charge in [0, 0.05) is 25.6 Å². The SMILES string of the molecule is CO[C@H]1C(c2ccc(F)c(F)c2)CCN1C(C)C. The molecule has 1 fully saturated rings. The predicted octanol–water partition coefficient (Wildman–Crippen LogP) is 3.14. The molecule has 2 atom stereocenters. The second-order valence-electron chi connectivity index (χ2n) is 5.03. The van der Waals surface area contributed by atoms with E-state index >= 15 is 0 Å². The third-order valence-corrected chi connectivity index (χ3v) is 3.65. The van der Waals surface area contributed by atoms with E-state index in [2.05, 4.69) is 18.7 Å². The molecule has 0 spiro atoms. The first-order valence-corrected chi connectivity index (χ1v) is 6.28. The van der Waals surface area contributed by atoms with E-state index in [-0.39, 0.29) is 12.1 Å². The van der Waals surface area contributed by atoms with Gasteiger partial charge in [-0.25, -0.2) is 8.78 Å². The van der Waals surface area contributed by atoms with Crippen molar-refractivity contribution < 1.29 is 13.5 Å². The van der Waals surface area contributed by atoms with Crippen LogP contribution in [0.3, 0.4) is 0 Å². The summed E-state index contributed by atoms with van der Waals surface area (Å²) >= 11 is 0. The van der Waals surface area contributed by atoms with Crippen LogP contribution in [-0.4, -0.2) is 30.8 Å². The number of halogens is 2. The lowest BCUT2D eigenvalue weighted by Crippen LogP contribution is -2.38. The zero-order chi connectivity index (χ0) is 13.3. The highest BCUT2D eigenvalue weighted by atomic mass is 19.2. The fourth-order valence-electron chi connectivity index (χ4n) is 2.72. The molecule has 0 saturated carbocycles. The number of rotatable bonds is 3. The molecule has 1 heterocycles. The summed E-state index contributed by atoms with van der Waals surface area (Å²) < 4.78 is 31.8. The van der Waals surface area contributed by atoms with Crippen molar-refractivity contribution >= 4 is 0 Å². The predicted molar refractivity (Wildman–Crippen MR) is 66.4 cm³/mol. The summed E-state index contributed by atoms with van der Waals surface area (Å²) in [5.41, 5.74) is 0.809. The van der Waals surface area contributed by atoms with E-state index < -0.39 is 11.6 Å². The van der Waals surface area contributed by atoms with Crippen molar-refractivity contribution in [2.24, 2.45) is 0 Å². The summed E-state index contributed by atoms with van der Waals surface area (Å²) in [6, 6.07) is 4.51. The summed E-state index contributed by atoms with van der Waals surface area (Å²) in [5.74, 6) is -1.48. The van der Waals surface area contributed by atoms with Crippen LogP contribution in [0.4, 0.5) is 8.78 Å². The Labute approximate surface area is 107 Å². The number of likely N-dealkylation sites (tertiary alicyclic amines) is 1. The van der Waals surface area contributed by atoms with E-state index in [1.165, 1.54) is 12.1 Å². The van der Waals surface area contributed by atoms with Crippen molar-refractivity contribution in [3.05, 3.63) is 35.4 Å². The minimum atomic E-state index is -0.800. The Morgan fingerprint density at radius 1 is 1.28 bits per heavy atom. The van der Waals surface area contributed by atoms with Crippen LogP contribution < -0.4 is 0 Å². The molecule has 1 aromatic carbocycles.